The van der Waals surface area contributed by atoms with Crippen molar-refractivity contribution in [2.24, 2.45) is 0 Å². The number of benzene rings is 1. The van der Waals surface area contributed by atoms with Gasteiger partial charge in [0.2, 0.25) is 17.8 Å². The van der Waals surface area contributed by atoms with Gasteiger partial charge in [-0.15, -0.1) is 0 Å². The summed E-state index contributed by atoms with van der Waals surface area (Å²) in [4.78, 5) is 21.4. The Morgan fingerprint density at radius 1 is 1.06 bits per heavy atom. The molecule has 0 aliphatic carbocycles. The third-order valence-corrected chi connectivity index (χ3v) is 6.06. The Bertz CT molecular complexity index is 1090. The van der Waals surface area contributed by atoms with Gasteiger partial charge in [-0.1, -0.05) is 45.7 Å². The number of aliphatic hydroxyl groups is 2. The summed E-state index contributed by atoms with van der Waals surface area (Å²) >= 11 is 0. The molecular formula is C26H39N7O3. The molecule has 1 aromatic carbocycles. The topological polar surface area (TPSA) is 137 Å². The number of hydrogen-bond acceptors (Lipinski definition) is 8. The van der Waals surface area contributed by atoms with E-state index in [1.54, 1.807) is 4.52 Å². The highest BCUT2D eigenvalue weighted by Crippen LogP contribution is 2.23. The number of amides is 1. The van der Waals surface area contributed by atoms with Crippen molar-refractivity contribution in [1.29, 1.82) is 0 Å². The molecule has 36 heavy (non-hydrogen) atoms. The lowest BCUT2D eigenvalue weighted by atomic mass is 10.1. The van der Waals surface area contributed by atoms with E-state index >= 15 is 0 Å². The van der Waals surface area contributed by atoms with E-state index in [2.05, 4.69) is 44.9 Å². The molecular weight excluding hydrogens is 458 g/mol. The molecule has 10 nitrogen and oxygen atoms in total. The number of rotatable bonds is 15. The van der Waals surface area contributed by atoms with Crippen molar-refractivity contribution in [2.45, 2.75) is 77.8 Å². The lowest BCUT2D eigenvalue weighted by Gasteiger charge is -2.16. The Kier molecular flexibility index (Phi) is 10.4. The molecule has 0 spiro atoms. The minimum absolute atomic E-state index is 0.00109. The summed E-state index contributed by atoms with van der Waals surface area (Å²) in [6.07, 6.45) is 6.54. The summed E-state index contributed by atoms with van der Waals surface area (Å²) in [6.45, 7) is 6.90. The highest BCUT2D eigenvalue weighted by molar-refractivity contribution is 5.90. The molecule has 0 saturated heterocycles. The largest absolute Gasteiger partial charge is 0.396 e. The van der Waals surface area contributed by atoms with Crippen LogP contribution in [0, 0.1) is 0 Å². The third-order valence-electron chi connectivity index (χ3n) is 6.06. The van der Waals surface area contributed by atoms with Crippen molar-refractivity contribution in [3.05, 3.63) is 41.6 Å². The van der Waals surface area contributed by atoms with E-state index in [1.165, 1.54) is 0 Å². The van der Waals surface area contributed by atoms with Gasteiger partial charge < -0.3 is 26.2 Å². The standard InChI is InChI=1S/C26H39N7O3/c1-4-20(17-35)30-25-31-24-22(18(2)3)16-28-33(24)26(32-25)27-15-19-10-12-21(13-11-19)29-23(36)9-7-5-6-8-14-34/h10-13,16,18,20,34-35H,4-9,14-15,17H2,1-3H3,(H,29,36)(H2,27,30,31,32)/t20-/m1/s1. The van der Waals surface area contributed by atoms with Gasteiger partial charge in [0.25, 0.3) is 0 Å². The Morgan fingerprint density at radius 2 is 1.81 bits per heavy atom. The monoisotopic (exact) mass is 497 g/mol. The molecule has 196 valence electrons. The van der Waals surface area contributed by atoms with Crippen molar-refractivity contribution in [3.63, 3.8) is 0 Å². The van der Waals surface area contributed by atoms with Gasteiger partial charge in [-0.2, -0.15) is 19.6 Å². The first-order chi connectivity index (χ1) is 17.4. The summed E-state index contributed by atoms with van der Waals surface area (Å²) in [5.41, 5.74) is 3.54. The van der Waals surface area contributed by atoms with Crippen LogP contribution in [0.15, 0.2) is 30.5 Å². The summed E-state index contributed by atoms with van der Waals surface area (Å²) in [6, 6.07) is 7.57. The van der Waals surface area contributed by atoms with Crippen LogP contribution in [0.1, 0.15) is 76.3 Å². The van der Waals surface area contributed by atoms with Gasteiger partial charge in [-0.05, 0) is 42.9 Å². The van der Waals surface area contributed by atoms with Crippen molar-refractivity contribution in [3.8, 4) is 0 Å². The number of anilines is 3. The number of aliphatic hydroxyl groups excluding tert-OH is 2. The van der Waals surface area contributed by atoms with Crippen LogP contribution in [0.2, 0.25) is 0 Å². The van der Waals surface area contributed by atoms with Crippen LogP contribution in [-0.4, -0.2) is 55.0 Å². The van der Waals surface area contributed by atoms with Crippen molar-refractivity contribution in [1.82, 2.24) is 19.6 Å². The zero-order valence-corrected chi connectivity index (χ0v) is 21.5. The number of unbranched alkanes of at least 4 members (excludes halogenated alkanes) is 3. The Labute approximate surface area is 212 Å². The average Bonchev–Trinajstić information content (AvgIpc) is 3.31. The van der Waals surface area contributed by atoms with Crippen LogP contribution in [0.5, 0.6) is 0 Å². The van der Waals surface area contributed by atoms with Crippen LogP contribution in [-0.2, 0) is 11.3 Å². The molecule has 0 aliphatic rings. The fourth-order valence-corrected chi connectivity index (χ4v) is 3.80. The molecule has 5 N–H and O–H groups in total. The minimum Gasteiger partial charge on any atom is -0.396 e. The molecule has 0 radical (unpaired) electrons. The van der Waals surface area contributed by atoms with Gasteiger partial charge in [0.15, 0.2) is 5.65 Å². The van der Waals surface area contributed by atoms with Crippen LogP contribution in [0.4, 0.5) is 17.6 Å². The van der Waals surface area contributed by atoms with Crippen molar-refractivity contribution < 1.29 is 15.0 Å². The minimum atomic E-state index is -0.131. The second-order valence-electron chi connectivity index (χ2n) is 9.28. The average molecular weight is 498 g/mol. The third kappa shape index (κ3) is 7.63. The molecule has 2 aromatic heterocycles. The number of carbonyl (C=O) groups is 1. The Morgan fingerprint density at radius 3 is 2.47 bits per heavy atom. The first-order valence-electron chi connectivity index (χ1n) is 12.8. The van der Waals surface area contributed by atoms with Crippen LogP contribution < -0.4 is 16.0 Å². The van der Waals surface area contributed by atoms with Gasteiger partial charge in [-0.25, -0.2) is 0 Å². The maximum absolute atomic E-state index is 12.1. The van der Waals surface area contributed by atoms with Crippen molar-refractivity contribution >= 4 is 29.1 Å². The molecule has 10 heteroatoms. The normalized spacial score (nSPS) is 12.2. The molecule has 3 aromatic rings. The number of carbonyl (C=O) groups excluding carboxylic acids is 1. The summed E-state index contributed by atoms with van der Waals surface area (Å²) in [5.74, 6) is 1.26. The molecule has 0 saturated carbocycles. The predicted molar refractivity (Wildman–Crippen MR) is 142 cm³/mol. The first-order valence-corrected chi connectivity index (χ1v) is 12.8. The quantitative estimate of drug-likeness (QED) is 0.199. The molecule has 1 atom stereocenters. The smallest absolute Gasteiger partial charge is 0.229 e. The fourth-order valence-electron chi connectivity index (χ4n) is 3.80. The maximum Gasteiger partial charge on any atom is 0.229 e. The maximum atomic E-state index is 12.1. The summed E-state index contributed by atoms with van der Waals surface area (Å²) in [7, 11) is 0. The lowest BCUT2D eigenvalue weighted by Crippen LogP contribution is -2.24. The summed E-state index contributed by atoms with van der Waals surface area (Å²) in [5, 5.41) is 32.4. The van der Waals surface area contributed by atoms with Gasteiger partial charge >= 0.3 is 0 Å². The van der Waals surface area contributed by atoms with Crippen LogP contribution >= 0.6 is 0 Å². The molecule has 0 bridgehead atoms. The Hall–Kier alpha value is -3.24. The predicted octanol–water partition coefficient (Wildman–Crippen LogP) is 3.92. The zero-order chi connectivity index (χ0) is 25.9. The second kappa shape index (κ2) is 13.7. The highest BCUT2D eigenvalue weighted by Gasteiger charge is 2.16. The van der Waals surface area contributed by atoms with E-state index in [-0.39, 0.29) is 31.1 Å². The van der Waals surface area contributed by atoms with E-state index in [0.29, 0.717) is 24.9 Å². The van der Waals surface area contributed by atoms with E-state index in [0.717, 1.165) is 54.6 Å². The van der Waals surface area contributed by atoms with E-state index in [4.69, 9.17) is 5.11 Å². The van der Waals surface area contributed by atoms with E-state index in [9.17, 15) is 9.90 Å². The molecule has 3 rings (SSSR count). The van der Waals surface area contributed by atoms with Crippen molar-refractivity contribution in [2.75, 3.05) is 29.2 Å². The van der Waals surface area contributed by atoms with E-state index in [1.807, 2.05) is 37.4 Å². The van der Waals surface area contributed by atoms with Crippen LogP contribution in [0.25, 0.3) is 5.65 Å². The van der Waals surface area contributed by atoms with E-state index < -0.39 is 0 Å². The van der Waals surface area contributed by atoms with Gasteiger partial charge in [0.05, 0.1) is 18.8 Å². The number of nitrogens with zero attached hydrogens (tertiary/aromatic N) is 4. The van der Waals surface area contributed by atoms with Gasteiger partial charge in [0.1, 0.15) is 0 Å². The number of hydrogen-bond donors (Lipinski definition) is 5. The van der Waals surface area contributed by atoms with Crippen LogP contribution in [0.3, 0.4) is 0 Å². The Balaban J connectivity index is 1.65. The van der Waals surface area contributed by atoms with Gasteiger partial charge in [-0.3, -0.25) is 4.79 Å². The molecule has 0 aliphatic heterocycles. The molecule has 0 unspecified atom stereocenters. The number of aromatic nitrogens is 4. The SMILES string of the molecule is CC[C@H](CO)Nc1nc(NCc2ccc(NC(=O)CCCCCCO)cc2)n2ncc(C(C)C)c2n1. The zero-order valence-electron chi connectivity index (χ0n) is 21.5. The number of fused-ring (bicyclic) bond motifs is 1. The molecule has 0 fully saturated rings. The second-order valence-corrected chi connectivity index (χ2v) is 9.28. The lowest BCUT2D eigenvalue weighted by molar-refractivity contribution is -0.116. The summed E-state index contributed by atoms with van der Waals surface area (Å²) < 4.78 is 1.70. The fraction of sp³-hybridized carbons (Fsp3) is 0.538. The first kappa shape index (κ1) is 27.3. The highest BCUT2D eigenvalue weighted by atomic mass is 16.3. The number of nitrogens with one attached hydrogen (secondary N) is 3. The molecule has 2 heterocycles. The van der Waals surface area contributed by atoms with Gasteiger partial charge in [0, 0.05) is 30.8 Å². The molecule has 1 amide bonds.